The molecule has 0 aliphatic rings. The fourth-order valence-corrected chi connectivity index (χ4v) is 1.38. The molecule has 0 atom stereocenters. The van der Waals surface area contributed by atoms with Crippen molar-refractivity contribution in [3.8, 4) is 11.8 Å². The summed E-state index contributed by atoms with van der Waals surface area (Å²) in [6, 6.07) is 2.35. The average molecular weight is 307 g/mol. The number of ether oxygens (including phenoxy) is 1. The molecule has 0 unspecified atom stereocenters. The van der Waals surface area contributed by atoms with Crippen molar-refractivity contribution < 1.29 is 29.4 Å². The number of hydrogen-bond donors (Lipinski definition) is 2. The maximum Gasteiger partial charge on any atom is 0.333 e. The molecule has 0 radical (unpaired) electrons. The molecular formula is C15H17NO6. The summed E-state index contributed by atoms with van der Waals surface area (Å²) in [5, 5.41) is 18.6. The van der Waals surface area contributed by atoms with Crippen LogP contribution in [0.5, 0.6) is 11.8 Å². The van der Waals surface area contributed by atoms with Gasteiger partial charge in [0.25, 0.3) is 0 Å². The Morgan fingerprint density at radius 2 is 1.73 bits per heavy atom. The quantitative estimate of drug-likeness (QED) is 0.432. The van der Waals surface area contributed by atoms with E-state index in [0.717, 1.165) is 0 Å². The molecule has 1 rings (SSSR count). The summed E-state index contributed by atoms with van der Waals surface area (Å²) in [6.45, 7) is 3.48. The summed E-state index contributed by atoms with van der Waals surface area (Å²) in [4.78, 5) is 27.5. The van der Waals surface area contributed by atoms with Gasteiger partial charge in [-0.1, -0.05) is 24.8 Å². The molecule has 7 heteroatoms. The van der Waals surface area contributed by atoms with E-state index in [9.17, 15) is 19.8 Å². The van der Waals surface area contributed by atoms with Gasteiger partial charge in [0.05, 0.1) is 6.26 Å². The van der Waals surface area contributed by atoms with Crippen LogP contribution in [0.15, 0.2) is 49.3 Å². The van der Waals surface area contributed by atoms with Crippen LogP contribution in [0.4, 0.5) is 0 Å². The van der Waals surface area contributed by atoms with E-state index in [-0.39, 0.29) is 19.3 Å². The number of aromatic nitrogens is 1. The van der Waals surface area contributed by atoms with Gasteiger partial charge in [0, 0.05) is 25.0 Å². The molecule has 22 heavy (non-hydrogen) atoms. The number of esters is 1. The van der Waals surface area contributed by atoms with Gasteiger partial charge in [0.1, 0.15) is 0 Å². The largest absolute Gasteiger partial charge is 0.492 e. The minimum Gasteiger partial charge on any atom is -0.492 e. The van der Waals surface area contributed by atoms with Crippen LogP contribution in [0.3, 0.4) is 0 Å². The molecule has 0 aliphatic heterocycles. The summed E-state index contributed by atoms with van der Waals surface area (Å²) in [5.41, 5.74) is 0. The standard InChI is InChI=1S/C15H17NO6/c1-2-3-4-5-11-21-14(19)7-6-8-15(20)22-16-12(17)9-10-13(16)18/h2-5,9-11,17-18H,1,6-8H2. The minimum atomic E-state index is -0.695. The SMILES string of the molecule is C=CC=CC=COC(=O)CCCC(=O)On1c(O)ccc1O. The summed E-state index contributed by atoms with van der Waals surface area (Å²) in [7, 11) is 0. The topological polar surface area (TPSA) is 98.0 Å². The molecule has 1 heterocycles. The van der Waals surface area contributed by atoms with E-state index >= 15 is 0 Å². The minimum absolute atomic E-state index is 0.0360. The molecular weight excluding hydrogens is 290 g/mol. The van der Waals surface area contributed by atoms with Crippen LogP contribution in [0.1, 0.15) is 19.3 Å². The molecule has 118 valence electrons. The first-order chi connectivity index (χ1) is 10.5. The smallest absolute Gasteiger partial charge is 0.333 e. The molecule has 0 fully saturated rings. The van der Waals surface area contributed by atoms with Gasteiger partial charge in [-0.05, 0) is 12.5 Å². The van der Waals surface area contributed by atoms with Crippen LogP contribution in [0.25, 0.3) is 0 Å². The third kappa shape index (κ3) is 6.00. The van der Waals surface area contributed by atoms with Crippen molar-refractivity contribution in [2.75, 3.05) is 0 Å². The van der Waals surface area contributed by atoms with Crippen molar-refractivity contribution in [2.45, 2.75) is 19.3 Å². The number of aromatic hydroxyl groups is 2. The first-order valence-corrected chi connectivity index (χ1v) is 6.49. The zero-order valence-corrected chi connectivity index (χ0v) is 11.8. The van der Waals surface area contributed by atoms with E-state index in [1.54, 1.807) is 18.2 Å². The highest BCUT2D eigenvalue weighted by Gasteiger charge is 2.12. The molecule has 1 aromatic heterocycles. The second kappa shape index (κ2) is 9.06. The number of nitrogens with zero attached hydrogens (tertiary/aromatic N) is 1. The van der Waals surface area contributed by atoms with Gasteiger partial charge in [-0.3, -0.25) is 4.79 Å². The first-order valence-electron chi connectivity index (χ1n) is 6.49. The molecule has 2 N–H and O–H groups in total. The van der Waals surface area contributed by atoms with Gasteiger partial charge in [0.15, 0.2) is 0 Å². The van der Waals surface area contributed by atoms with E-state index in [4.69, 9.17) is 9.57 Å². The zero-order chi connectivity index (χ0) is 16.4. The predicted molar refractivity (Wildman–Crippen MR) is 77.8 cm³/mol. The Kier molecular flexibility index (Phi) is 7.04. The van der Waals surface area contributed by atoms with Crippen molar-refractivity contribution in [3.63, 3.8) is 0 Å². The number of carbonyl (C=O) groups is 2. The maximum absolute atomic E-state index is 11.5. The Bertz CT molecular complexity index is 565. The van der Waals surface area contributed by atoms with Crippen molar-refractivity contribution in [1.29, 1.82) is 0 Å². The molecule has 0 spiro atoms. The lowest BCUT2D eigenvalue weighted by Gasteiger charge is -2.06. The Morgan fingerprint density at radius 1 is 1.09 bits per heavy atom. The Hall–Kier alpha value is -2.96. The Morgan fingerprint density at radius 3 is 2.36 bits per heavy atom. The lowest BCUT2D eigenvalue weighted by atomic mass is 10.2. The molecule has 0 aliphatic carbocycles. The van der Waals surface area contributed by atoms with Crippen LogP contribution in [0, 0.1) is 0 Å². The summed E-state index contributed by atoms with van der Waals surface area (Å²) in [5.74, 6) is -1.98. The van der Waals surface area contributed by atoms with Gasteiger partial charge in [-0.15, -0.1) is 4.73 Å². The van der Waals surface area contributed by atoms with Crippen molar-refractivity contribution in [2.24, 2.45) is 0 Å². The van der Waals surface area contributed by atoms with Crippen LogP contribution in [-0.2, 0) is 14.3 Å². The number of allylic oxidation sites excluding steroid dienone is 4. The summed E-state index contributed by atoms with van der Waals surface area (Å²) < 4.78 is 5.36. The van der Waals surface area contributed by atoms with Gasteiger partial charge in [-0.25, -0.2) is 4.79 Å². The van der Waals surface area contributed by atoms with Crippen LogP contribution >= 0.6 is 0 Å². The van der Waals surface area contributed by atoms with Crippen molar-refractivity contribution >= 4 is 11.9 Å². The van der Waals surface area contributed by atoms with Gasteiger partial charge in [0.2, 0.25) is 11.8 Å². The number of rotatable bonds is 8. The van der Waals surface area contributed by atoms with Crippen molar-refractivity contribution in [3.05, 3.63) is 49.3 Å². The normalized spacial score (nSPS) is 10.9. The summed E-state index contributed by atoms with van der Waals surface area (Å²) >= 11 is 0. The maximum atomic E-state index is 11.5. The van der Waals surface area contributed by atoms with E-state index in [2.05, 4.69) is 6.58 Å². The highest BCUT2D eigenvalue weighted by molar-refractivity contribution is 5.73. The number of carbonyl (C=O) groups excluding carboxylic acids is 2. The first kappa shape index (κ1) is 17.1. The van der Waals surface area contributed by atoms with Gasteiger partial charge < -0.3 is 19.8 Å². The molecule has 7 nitrogen and oxygen atoms in total. The van der Waals surface area contributed by atoms with E-state index < -0.39 is 23.7 Å². The van der Waals surface area contributed by atoms with E-state index in [0.29, 0.717) is 4.73 Å². The highest BCUT2D eigenvalue weighted by atomic mass is 16.7. The second-order valence-corrected chi connectivity index (χ2v) is 4.10. The number of hydrogen-bond acceptors (Lipinski definition) is 6. The molecule has 0 amide bonds. The monoisotopic (exact) mass is 307 g/mol. The fraction of sp³-hybridized carbons (Fsp3) is 0.200. The molecule has 0 aromatic carbocycles. The van der Waals surface area contributed by atoms with Gasteiger partial charge in [-0.2, -0.15) is 0 Å². The average Bonchev–Trinajstić information content (AvgIpc) is 2.79. The molecule has 0 bridgehead atoms. The van der Waals surface area contributed by atoms with Gasteiger partial charge >= 0.3 is 11.9 Å². The lowest BCUT2D eigenvalue weighted by molar-refractivity contribution is -0.145. The third-order valence-corrected chi connectivity index (χ3v) is 2.39. The predicted octanol–water partition coefficient (Wildman–Crippen LogP) is 1.82. The molecule has 1 aromatic rings. The molecule has 0 saturated heterocycles. The zero-order valence-electron chi connectivity index (χ0n) is 11.8. The molecule has 0 saturated carbocycles. The highest BCUT2D eigenvalue weighted by Crippen LogP contribution is 2.18. The fourth-order valence-electron chi connectivity index (χ4n) is 1.38. The summed E-state index contributed by atoms with van der Waals surface area (Å²) in [6.07, 6.45) is 7.86. The van der Waals surface area contributed by atoms with E-state index in [1.165, 1.54) is 24.5 Å². The van der Waals surface area contributed by atoms with E-state index in [1.807, 2.05) is 0 Å². The van der Waals surface area contributed by atoms with Crippen LogP contribution in [-0.4, -0.2) is 26.9 Å². The Labute approximate surface area is 127 Å². The second-order valence-electron chi connectivity index (χ2n) is 4.10. The third-order valence-electron chi connectivity index (χ3n) is 2.39. The lowest BCUT2D eigenvalue weighted by Crippen LogP contribution is -2.19. The van der Waals surface area contributed by atoms with Crippen LogP contribution in [0.2, 0.25) is 0 Å². The Balaban J connectivity index is 2.25. The van der Waals surface area contributed by atoms with Crippen LogP contribution < -0.4 is 4.84 Å². The van der Waals surface area contributed by atoms with Crippen molar-refractivity contribution in [1.82, 2.24) is 4.73 Å².